The Balaban J connectivity index is 2.65. The van der Waals surface area contributed by atoms with Crippen LogP contribution < -0.4 is 16.4 Å². The number of amides is 1. The van der Waals surface area contributed by atoms with Crippen molar-refractivity contribution < 1.29 is 4.79 Å². The molecule has 6 nitrogen and oxygen atoms in total. The van der Waals surface area contributed by atoms with Crippen molar-refractivity contribution in [3.05, 3.63) is 5.56 Å². The second-order valence-corrected chi connectivity index (χ2v) is 5.98. The molecule has 0 atom stereocenters. The number of hydrogen-bond acceptors (Lipinski definition) is 6. The summed E-state index contributed by atoms with van der Waals surface area (Å²) in [5.41, 5.74) is 6.18. The molecule has 0 bridgehead atoms. The van der Waals surface area contributed by atoms with Crippen molar-refractivity contribution in [3.63, 3.8) is 0 Å². The quantitative estimate of drug-likeness (QED) is 0.712. The van der Waals surface area contributed by atoms with Gasteiger partial charge in [-0.05, 0) is 39.2 Å². The van der Waals surface area contributed by atoms with Gasteiger partial charge in [-0.1, -0.05) is 0 Å². The highest BCUT2D eigenvalue weighted by Gasteiger charge is 2.18. The topological polar surface area (TPSA) is 83.3 Å². The summed E-state index contributed by atoms with van der Waals surface area (Å²) >= 11 is 1.22. The number of rotatable bonds is 7. The van der Waals surface area contributed by atoms with E-state index in [0.717, 1.165) is 18.1 Å². The van der Waals surface area contributed by atoms with Gasteiger partial charge >= 0.3 is 0 Å². The van der Waals surface area contributed by atoms with E-state index in [-0.39, 0.29) is 11.7 Å². The first-order valence-corrected chi connectivity index (χ1v) is 7.62. The molecule has 0 radical (unpaired) electrons. The minimum absolute atomic E-state index is 0.205. The number of nitrogens with one attached hydrogen (secondary N) is 2. The van der Waals surface area contributed by atoms with Crippen LogP contribution in [-0.2, 0) is 0 Å². The number of aromatic nitrogens is 1. The van der Waals surface area contributed by atoms with Gasteiger partial charge in [-0.15, -0.1) is 0 Å². The maximum absolute atomic E-state index is 11.8. The molecular formula is C13H25N5OS. The van der Waals surface area contributed by atoms with Crippen molar-refractivity contribution >= 4 is 28.3 Å². The van der Waals surface area contributed by atoms with Crippen LogP contribution in [0.15, 0.2) is 0 Å². The first-order chi connectivity index (χ1) is 9.38. The van der Waals surface area contributed by atoms with E-state index in [4.69, 9.17) is 5.73 Å². The number of nitrogens with two attached hydrogens (primary N) is 1. The predicted molar refractivity (Wildman–Crippen MR) is 85.4 cm³/mol. The summed E-state index contributed by atoms with van der Waals surface area (Å²) in [6.07, 6.45) is 0. The Labute approximate surface area is 124 Å². The Bertz CT molecular complexity index is 436. The maximum atomic E-state index is 11.8. The van der Waals surface area contributed by atoms with E-state index in [1.807, 2.05) is 0 Å². The molecular weight excluding hydrogens is 274 g/mol. The minimum atomic E-state index is -0.205. The van der Waals surface area contributed by atoms with E-state index in [1.165, 1.54) is 11.5 Å². The summed E-state index contributed by atoms with van der Waals surface area (Å²) < 4.78 is 4.04. The first kappa shape index (κ1) is 16.7. The lowest BCUT2D eigenvalue weighted by Crippen LogP contribution is -2.40. The van der Waals surface area contributed by atoms with Gasteiger partial charge in [0.05, 0.1) is 0 Å². The standard InChI is InChI=1S/C13H25N5OS/c1-8(2)18(9(3)4)7-6-16-13-10(12(19)15-5)11(14)17-20-13/h8-9,16H,6-7H2,1-5H3,(H2,14,17)(H,15,19). The van der Waals surface area contributed by atoms with Crippen molar-refractivity contribution in [2.24, 2.45) is 0 Å². The number of anilines is 2. The molecule has 1 amide bonds. The van der Waals surface area contributed by atoms with Gasteiger partial charge in [-0.3, -0.25) is 9.69 Å². The van der Waals surface area contributed by atoms with Crippen LogP contribution in [0.5, 0.6) is 0 Å². The van der Waals surface area contributed by atoms with Crippen LogP contribution in [0, 0.1) is 0 Å². The number of hydrogen-bond donors (Lipinski definition) is 3. The van der Waals surface area contributed by atoms with E-state index in [9.17, 15) is 4.79 Å². The summed E-state index contributed by atoms with van der Waals surface area (Å²) in [6.45, 7) is 10.4. The van der Waals surface area contributed by atoms with E-state index in [2.05, 4.69) is 47.6 Å². The molecule has 0 saturated carbocycles. The maximum Gasteiger partial charge on any atom is 0.257 e. The average molecular weight is 299 g/mol. The molecule has 1 heterocycles. The summed E-state index contributed by atoms with van der Waals surface area (Å²) in [7, 11) is 1.59. The Morgan fingerprint density at radius 3 is 2.45 bits per heavy atom. The highest BCUT2D eigenvalue weighted by atomic mass is 32.1. The number of carbonyl (C=O) groups is 1. The van der Waals surface area contributed by atoms with E-state index < -0.39 is 0 Å². The van der Waals surface area contributed by atoms with Crippen LogP contribution in [0.3, 0.4) is 0 Å². The molecule has 4 N–H and O–H groups in total. The fourth-order valence-electron chi connectivity index (χ4n) is 2.18. The summed E-state index contributed by atoms with van der Waals surface area (Å²) in [4.78, 5) is 14.1. The van der Waals surface area contributed by atoms with Crippen LogP contribution in [-0.4, -0.2) is 47.4 Å². The van der Waals surface area contributed by atoms with E-state index in [0.29, 0.717) is 17.6 Å². The average Bonchev–Trinajstić information content (AvgIpc) is 2.74. The van der Waals surface area contributed by atoms with Gasteiger partial charge in [0.1, 0.15) is 10.6 Å². The molecule has 20 heavy (non-hydrogen) atoms. The lowest BCUT2D eigenvalue weighted by molar-refractivity contribution is 0.0965. The lowest BCUT2D eigenvalue weighted by atomic mass is 10.2. The van der Waals surface area contributed by atoms with Gasteiger partial charge in [-0.25, -0.2) is 0 Å². The van der Waals surface area contributed by atoms with Crippen molar-refractivity contribution in [3.8, 4) is 0 Å². The van der Waals surface area contributed by atoms with Crippen LogP contribution >= 0.6 is 11.5 Å². The number of nitrogen functional groups attached to an aromatic ring is 1. The van der Waals surface area contributed by atoms with Crippen molar-refractivity contribution in [2.45, 2.75) is 39.8 Å². The molecule has 0 spiro atoms. The molecule has 0 saturated heterocycles. The highest BCUT2D eigenvalue weighted by molar-refractivity contribution is 7.11. The van der Waals surface area contributed by atoms with Gasteiger partial charge in [0, 0.05) is 32.2 Å². The molecule has 0 fully saturated rings. The minimum Gasteiger partial charge on any atom is -0.382 e. The zero-order chi connectivity index (χ0) is 15.3. The molecule has 0 aliphatic carbocycles. The molecule has 1 aromatic heterocycles. The molecule has 0 aliphatic rings. The van der Waals surface area contributed by atoms with Crippen LogP contribution in [0.1, 0.15) is 38.1 Å². The summed E-state index contributed by atoms with van der Waals surface area (Å²) in [5.74, 6) is 0.0738. The van der Waals surface area contributed by atoms with Gasteiger partial charge in [-0.2, -0.15) is 4.37 Å². The molecule has 1 aromatic rings. The number of carbonyl (C=O) groups excluding carboxylic acids is 1. The predicted octanol–water partition coefficient (Wildman–Crippen LogP) is 1.62. The smallest absolute Gasteiger partial charge is 0.257 e. The fraction of sp³-hybridized carbons (Fsp3) is 0.692. The van der Waals surface area contributed by atoms with E-state index in [1.54, 1.807) is 7.05 Å². The molecule has 0 aromatic carbocycles. The SMILES string of the molecule is CNC(=O)c1c(N)nsc1NCCN(C(C)C)C(C)C. The largest absolute Gasteiger partial charge is 0.382 e. The zero-order valence-electron chi connectivity index (χ0n) is 12.9. The Kier molecular flexibility index (Phi) is 6.22. The third-order valence-corrected chi connectivity index (χ3v) is 3.97. The molecule has 114 valence electrons. The van der Waals surface area contributed by atoms with E-state index >= 15 is 0 Å². The van der Waals surface area contributed by atoms with Gasteiger partial charge < -0.3 is 16.4 Å². The Morgan fingerprint density at radius 2 is 1.95 bits per heavy atom. The Morgan fingerprint density at radius 1 is 1.35 bits per heavy atom. The van der Waals surface area contributed by atoms with Crippen LogP contribution in [0.4, 0.5) is 10.8 Å². The van der Waals surface area contributed by atoms with Gasteiger partial charge in [0.15, 0.2) is 5.82 Å². The van der Waals surface area contributed by atoms with Crippen LogP contribution in [0.2, 0.25) is 0 Å². The van der Waals surface area contributed by atoms with Crippen molar-refractivity contribution in [2.75, 3.05) is 31.2 Å². The fourth-order valence-corrected chi connectivity index (χ4v) is 2.91. The van der Waals surface area contributed by atoms with Crippen molar-refractivity contribution in [1.82, 2.24) is 14.6 Å². The second kappa shape index (κ2) is 7.44. The van der Waals surface area contributed by atoms with Crippen molar-refractivity contribution in [1.29, 1.82) is 0 Å². The monoisotopic (exact) mass is 299 g/mol. The first-order valence-electron chi connectivity index (χ1n) is 6.85. The molecule has 1 rings (SSSR count). The molecule has 7 heteroatoms. The van der Waals surface area contributed by atoms with Gasteiger partial charge in [0.25, 0.3) is 5.91 Å². The molecule has 0 aliphatic heterocycles. The molecule has 0 unspecified atom stereocenters. The third-order valence-electron chi connectivity index (χ3n) is 3.15. The second-order valence-electron chi connectivity index (χ2n) is 5.20. The highest BCUT2D eigenvalue weighted by Crippen LogP contribution is 2.26. The number of nitrogens with zero attached hydrogens (tertiary/aromatic N) is 2. The Hall–Kier alpha value is -1.34. The normalized spacial score (nSPS) is 11.4. The summed E-state index contributed by atoms with van der Waals surface area (Å²) in [5, 5.41) is 6.58. The zero-order valence-corrected chi connectivity index (χ0v) is 13.7. The lowest BCUT2D eigenvalue weighted by Gasteiger charge is -2.30. The summed E-state index contributed by atoms with van der Waals surface area (Å²) in [6, 6.07) is 0.975. The van der Waals surface area contributed by atoms with Crippen LogP contribution in [0.25, 0.3) is 0 Å². The third kappa shape index (κ3) is 4.08. The van der Waals surface area contributed by atoms with Gasteiger partial charge in [0.2, 0.25) is 0 Å².